The van der Waals surface area contributed by atoms with Crippen LogP contribution in [-0.2, 0) is 0 Å². The second-order valence-corrected chi connectivity index (χ2v) is 3.94. The summed E-state index contributed by atoms with van der Waals surface area (Å²) < 4.78 is 0. The van der Waals surface area contributed by atoms with Gasteiger partial charge >= 0.3 is 0 Å². The number of aryl methyl sites for hydroxylation is 1. The number of benzene rings is 2. The number of hydrogen-bond acceptors (Lipinski definition) is 1. The number of halogens is 1. The monoisotopic (exact) mass is 218 g/mol. The van der Waals surface area contributed by atoms with Crippen LogP contribution in [0.15, 0.2) is 42.5 Å². The maximum absolute atomic E-state index is 9.39. The van der Waals surface area contributed by atoms with Gasteiger partial charge in [0.1, 0.15) is 5.75 Å². The smallest absolute Gasteiger partial charge is 0.116 e. The number of phenols is 1. The Kier molecular flexibility index (Phi) is 2.65. The van der Waals surface area contributed by atoms with Gasteiger partial charge in [-0.15, -0.1) is 0 Å². The summed E-state index contributed by atoms with van der Waals surface area (Å²) in [6.07, 6.45) is 0. The van der Waals surface area contributed by atoms with Gasteiger partial charge in [0.05, 0.1) is 0 Å². The lowest BCUT2D eigenvalue weighted by molar-refractivity contribution is 0.475. The van der Waals surface area contributed by atoms with E-state index in [1.807, 2.05) is 37.3 Å². The van der Waals surface area contributed by atoms with Gasteiger partial charge in [0.2, 0.25) is 0 Å². The SMILES string of the molecule is Cc1ccc(Cl)c(-c2cccc(O)c2)c1. The number of rotatable bonds is 1. The van der Waals surface area contributed by atoms with E-state index in [4.69, 9.17) is 11.6 Å². The van der Waals surface area contributed by atoms with E-state index in [-0.39, 0.29) is 5.75 Å². The fourth-order valence-electron chi connectivity index (χ4n) is 1.53. The zero-order chi connectivity index (χ0) is 10.8. The summed E-state index contributed by atoms with van der Waals surface area (Å²) in [6, 6.07) is 12.9. The molecule has 1 N–H and O–H groups in total. The van der Waals surface area contributed by atoms with Crippen molar-refractivity contribution in [3.8, 4) is 16.9 Å². The third-order valence-electron chi connectivity index (χ3n) is 2.28. The molecule has 76 valence electrons. The highest BCUT2D eigenvalue weighted by atomic mass is 35.5. The van der Waals surface area contributed by atoms with Gasteiger partial charge in [-0.1, -0.05) is 35.4 Å². The fraction of sp³-hybridized carbons (Fsp3) is 0.0769. The number of hydrogen-bond donors (Lipinski definition) is 1. The molecule has 0 aromatic heterocycles. The van der Waals surface area contributed by atoms with Gasteiger partial charge in [-0.2, -0.15) is 0 Å². The van der Waals surface area contributed by atoms with Crippen LogP contribution in [0.3, 0.4) is 0 Å². The number of aromatic hydroxyl groups is 1. The zero-order valence-corrected chi connectivity index (χ0v) is 9.12. The van der Waals surface area contributed by atoms with Gasteiger partial charge in [-0.25, -0.2) is 0 Å². The van der Waals surface area contributed by atoms with Gasteiger partial charge < -0.3 is 5.11 Å². The van der Waals surface area contributed by atoms with Crippen LogP contribution in [0.2, 0.25) is 5.02 Å². The predicted molar refractivity (Wildman–Crippen MR) is 63.3 cm³/mol. The first kappa shape index (κ1) is 10.1. The van der Waals surface area contributed by atoms with Crippen LogP contribution in [0.25, 0.3) is 11.1 Å². The fourth-order valence-corrected chi connectivity index (χ4v) is 1.76. The van der Waals surface area contributed by atoms with Crippen molar-refractivity contribution in [3.05, 3.63) is 53.1 Å². The van der Waals surface area contributed by atoms with E-state index in [0.29, 0.717) is 5.02 Å². The summed E-state index contributed by atoms with van der Waals surface area (Å²) in [5.74, 6) is 0.255. The van der Waals surface area contributed by atoms with Crippen LogP contribution < -0.4 is 0 Å². The van der Waals surface area contributed by atoms with Gasteiger partial charge in [0.25, 0.3) is 0 Å². The Balaban J connectivity index is 2.58. The Morgan fingerprint density at radius 1 is 1.07 bits per heavy atom. The molecule has 0 radical (unpaired) electrons. The molecular weight excluding hydrogens is 208 g/mol. The molecule has 0 saturated carbocycles. The molecule has 0 aliphatic rings. The molecule has 0 amide bonds. The molecule has 2 heteroatoms. The maximum atomic E-state index is 9.39. The minimum absolute atomic E-state index is 0.255. The summed E-state index contributed by atoms with van der Waals surface area (Å²) in [6.45, 7) is 2.02. The number of phenolic OH excluding ortho intramolecular Hbond substituents is 1. The van der Waals surface area contributed by atoms with E-state index >= 15 is 0 Å². The highest BCUT2D eigenvalue weighted by Gasteiger charge is 2.03. The Morgan fingerprint density at radius 3 is 2.60 bits per heavy atom. The van der Waals surface area contributed by atoms with Crippen molar-refractivity contribution in [2.24, 2.45) is 0 Å². The first-order valence-electron chi connectivity index (χ1n) is 4.72. The predicted octanol–water partition coefficient (Wildman–Crippen LogP) is 4.02. The van der Waals surface area contributed by atoms with Crippen molar-refractivity contribution in [3.63, 3.8) is 0 Å². The molecule has 0 bridgehead atoms. The van der Waals surface area contributed by atoms with Crippen LogP contribution in [0.5, 0.6) is 5.75 Å². The van der Waals surface area contributed by atoms with Crippen LogP contribution in [-0.4, -0.2) is 5.11 Å². The molecule has 0 fully saturated rings. The van der Waals surface area contributed by atoms with E-state index < -0.39 is 0 Å². The van der Waals surface area contributed by atoms with Crippen molar-refractivity contribution < 1.29 is 5.11 Å². The summed E-state index contributed by atoms with van der Waals surface area (Å²) in [4.78, 5) is 0. The standard InChI is InChI=1S/C13H11ClO/c1-9-5-6-13(14)12(7-9)10-3-2-4-11(15)8-10/h2-8,15H,1H3. The molecule has 0 saturated heterocycles. The quantitative estimate of drug-likeness (QED) is 0.767. The maximum Gasteiger partial charge on any atom is 0.116 e. The molecule has 2 aromatic rings. The summed E-state index contributed by atoms with van der Waals surface area (Å²) >= 11 is 6.10. The molecular formula is C13H11ClO. The minimum atomic E-state index is 0.255. The average Bonchev–Trinajstić information content (AvgIpc) is 2.22. The largest absolute Gasteiger partial charge is 0.508 e. The van der Waals surface area contributed by atoms with Crippen LogP contribution in [0.4, 0.5) is 0 Å². The highest BCUT2D eigenvalue weighted by Crippen LogP contribution is 2.30. The lowest BCUT2D eigenvalue weighted by Crippen LogP contribution is -1.81. The van der Waals surface area contributed by atoms with Crippen LogP contribution >= 0.6 is 11.6 Å². The van der Waals surface area contributed by atoms with Crippen LogP contribution in [0.1, 0.15) is 5.56 Å². The Labute approximate surface area is 94.0 Å². The van der Waals surface area contributed by atoms with Crippen LogP contribution in [0, 0.1) is 6.92 Å². The van der Waals surface area contributed by atoms with Crippen molar-refractivity contribution in [1.82, 2.24) is 0 Å². The second-order valence-electron chi connectivity index (χ2n) is 3.53. The topological polar surface area (TPSA) is 20.2 Å². The first-order chi connectivity index (χ1) is 7.16. The molecule has 0 atom stereocenters. The minimum Gasteiger partial charge on any atom is -0.508 e. The highest BCUT2D eigenvalue weighted by molar-refractivity contribution is 6.33. The van der Waals surface area contributed by atoms with Crippen molar-refractivity contribution >= 4 is 11.6 Å². The molecule has 0 heterocycles. The third kappa shape index (κ3) is 2.13. The Hall–Kier alpha value is -1.47. The van der Waals surface area contributed by atoms with Gasteiger partial charge in [-0.3, -0.25) is 0 Å². The third-order valence-corrected chi connectivity index (χ3v) is 2.61. The molecule has 2 aromatic carbocycles. The Morgan fingerprint density at radius 2 is 1.87 bits per heavy atom. The van der Waals surface area contributed by atoms with Crippen molar-refractivity contribution in [2.45, 2.75) is 6.92 Å². The summed E-state index contributed by atoms with van der Waals surface area (Å²) in [7, 11) is 0. The molecule has 0 aliphatic carbocycles. The average molecular weight is 219 g/mol. The molecule has 2 rings (SSSR count). The van der Waals surface area contributed by atoms with Crippen molar-refractivity contribution in [2.75, 3.05) is 0 Å². The lowest BCUT2D eigenvalue weighted by Gasteiger charge is -2.06. The Bertz CT molecular complexity index is 492. The second kappa shape index (κ2) is 3.95. The van der Waals surface area contributed by atoms with Crippen molar-refractivity contribution in [1.29, 1.82) is 0 Å². The first-order valence-corrected chi connectivity index (χ1v) is 5.10. The van der Waals surface area contributed by atoms with E-state index in [1.165, 1.54) is 0 Å². The molecule has 0 aliphatic heterocycles. The summed E-state index contributed by atoms with van der Waals surface area (Å²) in [5.41, 5.74) is 3.04. The summed E-state index contributed by atoms with van der Waals surface area (Å²) in [5, 5.41) is 10.1. The van der Waals surface area contributed by atoms with Gasteiger partial charge in [0.15, 0.2) is 0 Å². The van der Waals surface area contributed by atoms with E-state index in [0.717, 1.165) is 16.7 Å². The van der Waals surface area contributed by atoms with Gasteiger partial charge in [-0.05, 0) is 36.8 Å². The zero-order valence-electron chi connectivity index (χ0n) is 8.37. The molecule has 1 nitrogen and oxygen atoms in total. The van der Waals surface area contributed by atoms with E-state index in [2.05, 4.69) is 0 Å². The molecule has 15 heavy (non-hydrogen) atoms. The lowest BCUT2D eigenvalue weighted by atomic mass is 10.0. The normalized spacial score (nSPS) is 10.3. The van der Waals surface area contributed by atoms with E-state index in [1.54, 1.807) is 12.1 Å². The molecule has 0 spiro atoms. The van der Waals surface area contributed by atoms with Gasteiger partial charge in [0, 0.05) is 10.6 Å². The molecule has 0 unspecified atom stereocenters. The van der Waals surface area contributed by atoms with E-state index in [9.17, 15) is 5.11 Å².